The van der Waals surface area contributed by atoms with Crippen molar-refractivity contribution in [2.75, 3.05) is 13.2 Å². The molecule has 1 fully saturated rings. The van der Waals surface area contributed by atoms with Gasteiger partial charge in [-0.2, -0.15) is 0 Å². The first-order valence-electron chi connectivity index (χ1n) is 4.66. The van der Waals surface area contributed by atoms with Gasteiger partial charge in [0.2, 0.25) is 0 Å². The van der Waals surface area contributed by atoms with Crippen molar-refractivity contribution in [3.8, 4) is 0 Å². The number of aliphatic hydroxyl groups excluding tert-OH is 2. The lowest BCUT2D eigenvalue weighted by Gasteiger charge is -1.82. The summed E-state index contributed by atoms with van der Waals surface area (Å²) in [6, 6.07) is 0. The highest BCUT2D eigenvalue weighted by molar-refractivity contribution is 4.43. The fourth-order valence-corrected chi connectivity index (χ4v) is 0.510. The lowest BCUT2D eigenvalue weighted by Crippen LogP contribution is -2.11. The Labute approximate surface area is 80.7 Å². The molecule has 0 aromatic carbocycles. The fourth-order valence-electron chi connectivity index (χ4n) is 0.510. The van der Waals surface area contributed by atoms with Crippen molar-refractivity contribution in [3.05, 3.63) is 0 Å². The molecule has 0 radical (unpaired) electrons. The molecule has 1 aliphatic rings. The predicted octanol–water partition coefficient (Wildman–Crippen LogP) is 0.467. The van der Waals surface area contributed by atoms with E-state index in [1.54, 1.807) is 13.8 Å². The first-order valence-corrected chi connectivity index (χ1v) is 4.66. The normalized spacial score (nSPS) is 16.8. The van der Waals surface area contributed by atoms with E-state index in [4.69, 9.17) is 14.9 Å². The van der Waals surface area contributed by atoms with Gasteiger partial charge in [0, 0.05) is 19.3 Å². The van der Waals surface area contributed by atoms with Gasteiger partial charge in [-0.15, -0.1) is 0 Å². The molecule has 0 spiro atoms. The van der Waals surface area contributed by atoms with E-state index >= 15 is 0 Å². The summed E-state index contributed by atoms with van der Waals surface area (Å²) in [5, 5.41) is 15.9. The number of aliphatic hydroxyl groups is 2. The summed E-state index contributed by atoms with van der Waals surface area (Å²) in [5.74, 6) is 0. The van der Waals surface area contributed by atoms with Crippen molar-refractivity contribution in [2.45, 2.75) is 45.9 Å². The van der Waals surface area contributed by atoms with Crippen molar-refractivity contribution in [1.82, 2.24) is 0 Å². The summed E-state index contributed by atoms with van der Waals surface area (Å²) < 4.78 is 4.94. The van der Waals surface area contributed by atoms with Gasteiger partial charge in [-0.05, 0) is 33.6 Å². The van der Waals surface area contributed by atoms with E-state index in [0.29, 0.717) is 0 Å². The lowest BCUT2D eigenvalue weighted by atomic mass is 10.4. The molecule has 0 aliphatic carbocycles. The zero-order valence-electron chi connectivity index (χ0n) is 8.86. The summed E-state index contributed by atoms with van der Waals surface area (Å²) in [6.07, 6.45) is 1.72. The molecule has 1 aliphatic heterocycles. The Bertz CT molecular complexity index is 63.8. The first kappa shape index (κ1) is 15.3. The zero-order valence-corrected chi connectivity index (χ0v) is 8.86. The summed E-state index contributed by atoms with van der Waals surface area (Å²) in [7, 11) is 0. The molecule has 0 aromatic rings. The standard InChI is InChI=1S/C4H8O.C3H8O.C2H7NO/c1-2-4-5-3-1;1-3(2)4;1-2(3)4/h1-4H2;3-4H,1-2H3;2,4H,3H2,1H3. The maximum atomic E-state index is 8.06. The van der Waals surface area contributed by atoms with E-state index in [2.05, 4.69) is 5.73 Å². The van der Waals surface area contributed by atoms with Gasteiger partial charge < -0.3 is 20.7 Å². The number of rotatable bonds is 0. The minimum Gasteiger partial charge on any atom is -0.394 e. The second kappa shape index (κ2) is 11.8. The number of nitrogens with two attached hydrogens (primary N) is 1. The Hall–Kier alpha value is -0.160. The van der Waals surface area contributed by atoms with Gasteiger partial charge in [-0.3, -0.25) is 0 Å². The first-order chi connectivity index (χ1) is 5.96. The average Bonchev–Trinajstić information content (AvgIpc) is 2.35. The minimum atomic E-state index is -0.667. The zero-order chi connectivity index (χ0) is 10.7. The van der Waals surface area contributed by atoms with Gasteiger partial charge in [0.05, 0.1) is 6.23 Å². The van der Waals surface area contributed by atoms with Gasteiger partial charge in [-0.1, -0.05) is 0 Å². The Kier molecular flexibility index (Phi) is 14.0. The quantitative estimate of drug-likeness (QED) is 0.489. The van der Waals surface area contributed by atoms with Crippen LogP contribution in [0, 0.1) is 0 Å². The van der Waals surface area contributed by atoms with Crippen molar-refractivity contribution >= 4 is 0 Å². The minimum absolute atomic E-state index is 0.167. The van der Waals surface area contributed by atoms with E-state index in [1.807, 2.05) is 0 Å². The number of ether oxygens (including phenoxy) is 1. The molecule has 4 N–H and O–H groups in total. The second-order valence-electron chi connectivity index (χ2n) is 3.15. The van der Waals surface area contributed by atoms with Gasteiger partial charge in [-0.25, -0.2) is 0 Å². The van der Waals surface area contributed by atoms with Gasteiger partial charge in [0.15, 0.2) is 0 Å². The third-order valence-corrected chi connectivity index (χ3v) is 0.827. The van der Waals surface area contributed by atoms with Crippen LogP contribution in [0.4, 0.5) is 0 Å². The van der Waals surface area contributed by atoms with Crippen molar-refractivity contribution in [1.29, 1.82) is 0 Å². The van der Waals surface area contributed by atoms with Crippen LogP contribution in [0.2, 0.25) is 0 Å². The lowest BCUT2D eigenvalue weighted by molar-refractivity contribution is 0.198. The van der Waals surface area contributed by atoms with Crippen LogP contribution in [0.25, 0.3) is 0 Å². The molecule has 0 bridgehead atoms. The van der Waals surface area contributed by atoms with Crippen LogP contribution < -0.4 is 5.73 Å². The molecule has 0 amide bonds. The van der Waals surface area contributed by atoms with Crippen molar-refractivity contribution < 1.29 is 14.9 Å². The maximum Gasteiger partial charge on any atom is 0.0991 e. The molecule has 13 heavy (non-hydrogen) atoms. The number of hydrogen-bond donors (Lipinski definition) is 3. The van der Waals surface area contributed by atoms with E-state index in [1.165, 1.54) is 19.8 Å². The summed E-state index contributed by atoms with van der Waals surface area (Å²) >= 11 is 0. The van der Waals surface area contributed by atoms with Crippen LogP contribution in [0.5, 0.6) is 0 Å². The van der Waals surface area contributed by atoms with Crippen LogP contribution in [-0.2, 0) is 4.74 Å². The molecule has 4 nitrogen and oxygen atoms in total. The van der Waals surface area contributed by atoms with Crippen LogP contribution in [0.15, 0.2) is 0 Å². The molecular formula is C9H23NO3. The highest BCUT2D eigenvalue weighted by atomic mass is 16.5. The molecule has 4 heteroatoms. The molecule has 0 aromatic heterocycles. The van der Waals surface area contributed by atoms with Crippen LogP contribution in [0.1, 0.15) is 33.6 Å². The third-order valence-electron chi connectivity index (χ3n) is 0.827. The van der Waals surface area contributed by atoms with Crippen LogP contribution in [0.3, 0.4) is 0 Å². The predicted molar refractivity (Wildman–Crippen MR) is 53.3 cm³/mol. The maximum absolute atomic E-state index is 8.06. The molecule has 1 unspecified atom stereocenters. The largest absolute Gasteiger partial charge is 0.394 e. The van der Waals surface area contributed by atoms with Gasteiger partial charge >= 0.3 is 0 Å². The summed E-state index contributed by atoms with van der Waals surface area (Å²) in [6.45, 7) is 6.94. The molecule has 0 saturated carbocycles. The van der Waals surface area contributed by atoms with E-state index < -0.39 is 6.23 Å². The molecule has 1 saturated heterocycles. The van der Waals surface area contributed by atoms with Crippen molar-refractivity contribution in [2.24, 2.45) is 5.73 Å². The van der Waals surface area contributed by atoms with Crippen LogP contribution in [-0.4, -0.2) is 35.8 Å². The van der Waals surface area contributed by atoms with Gasteiger partial charge in [0.1, 0.15) is 0 Å². The van der Waals surface area contributed by atoms with E-state index in [-0.39, 0.29) is 6.10 Å². The van der Waals surface area contributed by atoms with Crippen molar-refractivity contribution in [3.63, 3.8) is 0 Å². The Morgan fingerprint density at radius 1 is 1.08 bits per heavy atom. The summed E-state index contributed by atoms with van der Waals surface area (Å²) in [5.41, 5.74) is 4.67. The van der Waals surface area contributed by atoms with Crippen LogP contribution >= 0.6 is 0 Å². The highest BCUT2D eigenvalue weighted by Crippen LogP contribution is 1.98. The average molecular weight is 193 g/mol. The summed E-state index contributed by atoms with van der Waals surface area (Å²) in [4.78, 5) is 0. The second-order valence-corrected chi connectivity index (χ2v) is 3.15. The molecule has 82 valence electrons. The Morgan fingerprint density at radius 2 is 1.31 bits per heavy atom. The molecule has 1 rings (SSSR count). The fraction of sp³-hybridized carbons (Fsp3) is 1.00. The molecule has 1 atom stereocenters. The highest BCUT2D eigenvalue weighted by Gasteiger charge is 1.94. The number of hydrogen-bond acceptors (Lipinski definition) is 4. The SMILES string of the molecule is C1CCOC1.CC(C)O.CC(N)O. The van der Waals surface area contributed by atoms with Gasteiger partial charge in [0.25, 0.3) is 0 Å². The monoisotopic (exact) mass is 193 g/mol. The Morgan fingerprint density at radius 3 is 1.38 bits per heavy atom. The molecular weight excluding hydrogens is 170 g/mol. The van der Waals surface area contributed by atoms with E-state index in [9.17, 15) is 0 Å². The third kappa shape index (κ3) is 48.9. The Balaban J connectivity index is 0. The van der Waals surface area contributed by atoms with E-state index in [0.717, 1.165) is 13.2 Å². The molecule has 1 heterocycles. The smallest absolute Gasteiger partial charge is 0.0991 e. The topological polar surface area (TPSA) is 75.7 Å².